The highest BCUT2D eigenvalue weighted by atomic mass is 35.5. The van der Waals surface area contributed by atoms with Gasteiger partial charge in [0.2, 0.25) is 0 Å². The highest BCUT2D eigenvalue weighted by Gasteiger charge is 2.15. The topological polar surface area (TPSA) is 62.2 Å². The zero-order chi connectivity index (χ0) is 16.8. The molecule has 1 amide bonds. The zero-order valence-electron chi connectivity index (χ0n) is 14.6. The number of piperazine rings is 1. The van der Waals surface area contributed by atoms with E-state index in [1.165, 1.54) is 0 Å². The number of benzene rings is 1. The second kappa shape index (κ2) is 9.56. The van der Waals surface area contributed by atoms with Crippen molar-refractivity contribution < 1.29 is 4.79 Å². The molecule has 0 atom stereocenters. The minimum absolute atomic E-state index is 0. The molecule has 2 heterocycles. The van der Waals surface area contributed by atoms with Gasteiger partial charge in [-0.2, -0.15) is 5.10 Å². The summed E-state index contributed by atoms with van der Waals surface area (Å²) in [5.74, 6) is -0.0463. The fourth-order valence-electron chi connectivity index (χ4n) is 3.00. The van der Waals surface area contributed by atoms with Gasteiger partial charge in [-0.3, -0.25) is 4.79 Å². The highest BCUT2D eigenvalue weighted by Crippen LogP contribution is 2.13. The van der Waals surface area contributed by atoms with Gasteiger partial charge < -0.3 is 15.5 Å². The molecule has 0 saturated carbocycles. The van der Waals surface area contributed by atoms with Gasteiger partial charge in [0.05, 0.1) is 23.1 Å². The lowest BCUT2D eigenvalue weighted by atomic mass is 10.2. The molecule has 0 bridgehead atoms. The Bertz CT molecular complexity index is 667. The summed E-state index contributed by atoms with van der Waals surface area (Å²) in [5, 5.41) is 10.7. The zero-order valence-corrected chi connectivity index (χ0v) is 15.4. The van der Waals surface area contributed by atoms with Crippen LogP contribution in [0.25, 0.3) is 5.69 Å². The van der Waals surface area contributed by atoms with E-state index in [9.17, 15) is 4.79 Å². The van der Waals surface area contributed by atoms with Crippen LogP contribution in [0, 0.1) is 6.92 Å². The van der Waals surface area contributed by atoms with E-state index in [0.717, 1.165) is 50.5 Å². The first-order valence-electron chi connectivity index (χ1n) is 8.57. The average molecular weight is 364 g/mol. The number of nitrogens with one attached hydrogen (secondary N) is 2. The standard InChI is InChI=1S/C18H25N5O.ClH/c1-15-17(14-21-23(15)16-6-3-2-4-7-16)18(24)20-8-5-11-22-12-9-19-10-13-22;/h2-4,6-7,14,19H,5,8-13H2,1H3,(H,20,24);1H. The Morgan fingerprint density at radius 3 is 2.68 bits per heavy atom. The number of rotatable bonds is 6. The van der Waals surface area contributed by atoms with Crippen LogP contribution in [0.4, 0.5) is 0 Å². The van der Waals surface area contributed by atoms with Crippen molar-refractivity contribution in [3.63, 3.8) is 0 Å². The molecule has 2 N–H and O–H groups in total. The second-order valence-electron chi connectivity index (χ2n) is 6.09. The summed E-state index contributed by atoms with van der Waals surface area (Å²) < 4.78 is 1.80. The second-order valence-corrected chi connectivity index (χ2v) is 6.09. The number of nitrogens with zero attached hydrogens (tertiary/aromatic N) is 3. The van der Waals surface area contributed by atoms with Crippen molar-refractivity contribution in [3.8, 4) is 5.69 Å². The number of carbonyl (C=O) groups is 1. The fraction of sp³-hybridized carbons (Fsp3) is 0.444. The molecule has 1 aliphatic rings. The summed E-state index contributed by atoms with van der Waals surface area (Å²) in [6.07, 6.45) is 2.62. The third-order valence-electron chi connectivity index (χ3n) is 4.40. The minimum atomic E-state index is -0.0463. The van der Waals surface area contributed by atoms with Gasteiger partial charge in [-0.05, 0) is 32.0 Å². The van der Waals surface area contributed by atoms with E-state index in [1.54, 1.807) is 10.9 Å². The number of hydrogen-bond acceptors (Lipinski definition) is 4. The Hall–Kier alpha value is -1.89. The van der Waals surface area contributed by atoms with Gasteiger partial charge in [0.15, 0.2) is 0 Å². The predicted molar refractivity (Wildman–Crippen MR) is 102 cm³/mol. The molecule has 136 valence electrons. The molecule has 1 fully saturated rings. The number of hydrogen-bond donors (Lipinski definition) is 2. The van der Waals surface area contributed by atoms with Crippen molar-refractivity contribution in [1.29, 1.82) is 0 Å². The van der Waals surface area contributed by atoms with Crippen LogP contribution in [0.2, 0.25) is 0 Å². The lowest BCUT2D eigenvalue weighted by Crippen LogP contribution is -2.44. The van der Waals surface area contributed by atoms with E-state index in [0.29, 0.717) is 12.1 Å². The molecular weight excluding hydrogens is 338 g/mol. The Labute approximate surface area is 155 Å². The van der Waals surface area contributed by atoms with Crippen LogP contribution < -0.4 is 10.6 Å². The van der Waals surface area contributed by atoms with Gasteiger partial charge in [-0.25, -0.2) is 4.68 Å². The molecule has 25 heavy (non-hydrogen) atoms. The molecule has 1 saturated heterocycles. The van der Waals surface area contributed by atoms with E-state index >= 15 is 0 Å². The summed E-state index contributed by atoms with van der Waals surface area (Å²) in [6.45, 7) is 7.96. The lowest BCUT2D eigenvalue weighted by molar-refractivity contribution is 0.0950. The molecule has 2 aromatic rings. The smallest absolute Gasteiger partial charge is 0.254 e. The van der Waals surface area contributed by atoms with Crippen molar-refractivity contribution in [3.05, 3.63) is 47.8 Å². The van der Waals surface area contributed by atoms with Crippen molar-refractivity contribution in [2.75, 3.05) is 39.3 Å². The van der Waals surface area contributed by atoms with E-state index in [-0.39, 0.29) is 18.3 Å². The van der Waals surface area contributed by atoms with Crippen molar-refractivity contribution in [1.82, 2.24) is 25.3 Å². The molecule has 0 spiro atoms. The van der Waals surface area contributed by atoms with Gasteiger partial charge in [0.1, 0.15) is 0 Å². The first-order chi connectivity index (χ1) is 11.8. The molecule has 1 aromatic heterocycles. The Kier molecular flexibility index (Phi) is 7.43. The maximum Gasteiger partial charge on any atom is 0.254 e. The van der Waals surface area contributed by atoms with E-state index in [1.807, 2.05) is 37.3 Å². The Balaban J connectivity index is 0.00000225. The molecule has 0 radical (unpaired) electrons. The van der Waals surface area contributed by atoms with Crippen LogP contribution in [0.5, 0.6) is 0 Å². The molecular formula is C18H26ClN5O. The van der Waals surface area contributed by atoms with Crippen LogP contribution in [0.3, 0.4) is 0 Å². The Morgan fingerprint density at radius 2 is 1.96 bits per heavy atom. The summed E-state index contributed by atoms with van der Waals surface area (Å²) in [7, 11) is 0. The van der Waals surface area contributed by atoms with E-state index in [2.05, 4.69) is 20.6 Å². The molecule has 3 rings (SSSR count). The van der Waals surface area contributed by atoms with Gasteiger partial charge in [-0.1, -0.05) is 18.2 Å². The molecule has 7 heteroatoms. The molecule has 1 aliphatic heterocycles. The highest BCUT2D eigenvalue weighted by molar-refractivity contribution is 5.95. The number of halogens is 1. The first-order valence-corrected chi connectivity index (χ1v) is 8.57. The van der Waals surface area contributed by atoms with Crippen molar-refractivity contribution in [2.45, 2.75) is 13.3 Å². The number of amides is 1. The minimum Gasteiger partial charge on any atom is -0.352 e. The third kappa shape index (κ3) is 5.04. The predicted octanol–water partition coefficient (Wildman–Crippen LogP) is 1.63. The summed E-state index contributed by atoms with van der Waals surface area (Å²) >= 11 is 0. The summed E-state index contributed by atoms with van der Waals surface area (Å²) in [4.78, 5) is 14.8. The molecule has 0 aliphatic carbocycles. The van der Waals surface area contributed by atoms with Gasteiger partial charge in [0.25, 0.3) is 5.91 Å². The number of aromatic nitrogens is 2. The number of para-hydroxylation sites is 1. The fourth-order valence-corrected chi connectivity index (χ4v) is 3.00. The maximum absolute atomic E-state index is 12.4. The van der Waals surface area contributed by atoms with Crippen LogP contribution in [0.15, 0.2) is 36.5 Å². The normalized spacial score (nSPS) is 14.8. The first kappa shape index (κ1) is 19.4. The maximum atomic E-state index is 12.4. The van der Waals surface area contributed by atoms with E-state index < -0.39 is 0 Å². The molecule has 1 aromatic carbocycles. The van der Waals surface area contributed by atoms with Crippen LogP contribution >= 0.6 is 12.4 Å². The van der Waals surface area contributed by atoms with E-state index in [4.69, 9.17) is 0 Å². The SMILES string of the molecule is Cc1c(C(=O)NCCCN2CCNCC2)cnn1-c1ccccc1.Cl. The van der Waals surface area contributed by atoms with Crippen molar-refractivity contribution in [2.24, 2.45) is 0 Å². The molecule has 6 nitrogen and oxygen atoms in total. The quantitative estimate of drug-likeness (QED) is 0.766. The third-order valence-corrected chi connectivity index (χ3v) is 4.40. The van der Waals surface area contributed by atoms with Crippen LogP contribution in [-0.2, 0) is 0 Å². The Morgan fingerprint density at radius 1 is 1.24 bits per heavy atom. The average Bonchev–Trinajstić information content (AvgIpc) is 3.02. The number of carbonyl (C=O) groups excluding carboxylic acids is 1. The van der Waals surface area contributed by atoms with Crippen molar-refractivity contribution >= 4 is 18.3 Å². The van der Waals surface area contributed by atoms with Gasteiger partial charge >= 0.3 is 0 Å². The van der Waals surface area contributed by atoms with Crippen LogP contribution in [0.1, 0.15) is 22.5 Å². The molecule has 0 unspecified atom stereocenters. The largest absolute Gasteiger partial charge is 0.352 e. The van der Waals surface area contributed by atoms with Gasteiger partial charge in [0, 0.05) is 32.7 Å². The lowest BCUT2D eigenvalue weighted by Gasteiger charge is -2.27. The van der Waals surface area contributed by atoms with Gasteiger partial charge in [-0.15, -0.1) is 12.4 Å². The summed E-state index contributed by atoms with van der Waals surface area (Å²) in [6, 6.07) is 9.86. The van der Waals surface area contributed by atoms with Crippen LogP contribution in [-0.4, -0.2) is 59.9 Å². The monoisotopic (exact) mass is 363 g/mol. The summed E-state index contributed by atoms with van der Waals surface area (Å²) in [5.41, 5.74) is 2.47.